The Morgan fingerprint density at radius 2 is 2.00 bits per heavy atom. The second kappa shape index (κ2) is 5.26. The van der Waals surface area contributed by atoms with Crippen molar-refractivity contribution < 1.29 is 9.90 Å². The first-order valence-electron chi connectivity index (χ1n) is 8.02. The number of benzene rings is 1. The number of aromatic carboxylic acids is 1. The van der Waals surface area contributed by atoms with Crippen LogP contribution < -0.4 is 4.90 Å². The van der Waals surface area contributed by atoms with Crippen LogP contribution in [0.1, 0.15) is 30.1 Å². The molecule has 3 aromatic rings. The van der Waals surface area contributed by atoms with E-state index in [1.165, 1.54) is 12.8 Å². The van der Waals surface area contributed by atoms with Crippen molar-refractivity contribution in [1.82, 2.24) is 9.38 Å². The average molecular weight is 309 g/mol. The summed E-state index contributed by atoms with van der Waals surface area (Å²) in [5, 5.41) is 9.22. The Labute approximate surface area is 134 Å². The highest BCUT2D eigenvalue weighted by molar-refractivity contribution is 5.94. The van der Waals surface area contributed by atoms with E-state index in [1.807, 2.05) is 18.3 Å². The first-order chi connectivity index (χ1) is 11.1. The van der Waals surface area contributed by atoms with Crippen LogP contribution in [0.5, 0.6) is 0 Å². The number of hydrogen-bond acceptors (Lipinski definition) is 3. The maximum atomic E-state index is 11.2. The molecule has 1 aliphatic rings. The number of rotatable bonds is 2. The lowest BCUT2D eigenvalue weighted by Crippen LogP contribution is -2.33. The Hall–Kier alpha value is -2.56. The van der Waals surface area contributed by atoms with E-state index in [-0.39, 0.29) is 5.56 Å². The van der Waals surface area contributed by atoms with Crippen molar-refractivity contribution in [2.45, 2.75) is 19.8 Å². The lowest BCUT2D eigenvalue weighted by Gasteiger charge is -2.31. The van der Waals surface area contributed by atoms with Gasteiger partial charge in [0, 0.05) is 19.3 Å². The molecular formula is C18H19N3O2. The Balaban J connectivity index is 1.91. The van der Waals surface area contributed by atoms with E-state index >= 15 is 0 Å². The van der Waals surface area contributed by atoms with Gasteiger partial charge >= 0.3 is 5.97 Å². The average Bonchev–Trinajstić information content (AvgIpc) is 3.04. The number of hydrogen-bond donors (Lipinski definition) is 1. The zero-order chi connectivity index (χ0) is 16.0. The molecule has 0 saturated carbocycles. The van der Waals surface area contributed by atoms with Gasteiger partial charge in [-0.3, -0.25) is 0 Å². The lowest BCUT2D eigenvalue weighted by atomic mass is 9.99. The van der Waals surface area contributed by atoms with Gasteiger partial charge in [-0.15, -0.1) is 0 Å². The van der Waals surface area contributed by atoms with Crippen LogP contribution in [0.2, 0.25) is 0 Å². The molecule has 0 amide bonds. The van der Waals surface area contributed by atoms with Crippen molar-refractivity contribution in [2.24, 2.45) is 5.92 Å². The van der Waals surface area contributed by atoms with Crippen LogP contribution in [-0.2, 0) is 0 Å². The van der Waals surface area contributed by atoms with E-state index in [9.17, 15) is 9.90 Å². The van der Waals surface area contributed by atoms with Crippen molar-refractivity contribution in [2.75, 3.05) is 18.0 Å². The Bertz CT molecular complexity index is 892. The predicted octanol–water partition coefficient (Wildman–Crippen LogP) is 3.42. The molecule has 1 fully saturated rings. The van der Waals surface area contributed by atoms with Crippen molar-refractivity contribution in [1.29, 1.82) is 0 Å². The zero-order valence-electron chi connectivity index (χ0n) is 13.1. The molecule has 0 unspecified atom stereocenters. The molecule has 5 nitrogen and oxygen atoms in total. The molecule has 1 N–H and O–H groups in total. The fraction of sp³-hybridized carbons (Fsp3) is 0.333. The molecule has 23 heavy (non-hydrogen) atoms. The van der Waals surface area contributed by atoms with Crippen LogP contribution in [0.3, 0.4) is 0 Å². The van der Waals surface area contributed by atoms with E-state index in [2.05, 4.69) is 22.3 Å². The molecular weight excluding hydrogens is 290 g/mol. The van der Waals surface area contributed by atoms with Gasteiger partial charge < -0.3 is 14.4 Å². The lowest BCUT2D eigenvalue weighted by molar-refractivity contribution is 0.0697. The molecule has 0 radical (unpaired) electrons. The van der Waals surface area contributed by atoms with Crippen LogP contribution in [0.15, 0.2) is 36.5 Å². The van der Waals surface area contributed by atoms with E-state index in [1.54, 1.807) is 12.1 Å². The summed E-state index contributed by atoms with van der Waals surface area (Å²) in [4.78, 5) is 18.4. The fourth-order valence-corrected chi connectivity index (χ4v) is 3.35. The highest BCUT2D eigenvalue weighted by atomic mass is 16.4. The SMILES string of the molecule is CC1CCN(c2nc3cc(C(=O)O)ccc3n3cccc23)CC1. The summed E-state index contributed by atoms with van der Waals surface area (Å²) in [6.45, 7) is 4.29. The molecule has 1 aliphatic heterocycles. The number of carboxylic acids is 1. The number of aromatic nitrogens is 2. The summed E-state index contributed by atoms with van der Waals surface area (Å²) >= 11 is 0. The van der Waals surface area contributed by atoms with Gasteiger partial charge in [0.25, 0.3) is 0 Å². The van der Waals surface area contributed by atoms with Crippen LogP contribution in [0.4, 0.5) is 5.82 Å². The normalized spacial score (nSPS) is 16.3. The fourth-order valence-electron chi connectivity index (χ4n) is 3.35. The molecule has 118 valence electrons. The zero-order valence-corrected chi connectivity index (χ0v) is 13.1. The minimum absolute atomic E-state index is 0.273. The van der Waals surface area contributed by atoms with Crippen LogP contribution in [-0.4, -0.2) is 33.6 Å². The molecule has 0 atom stereocenters. The minimum atomic E-state index is -0.922. The monoisotopic (exact) mass is 309 g/mol. The number of nitrogens with zero attached hydrogens (tertiary/aromatic N) is 3. The number of carbonyl (C=O) groups is 1. The van der Waals surface area contributed by atoms with Gasteiger partial charge in [0.2, 0.25) is 0 Å². The largest absolute Gasteiger partial charge is 0.478 e. The summed E-state index contributed by atoms with van der Waals surface area (Å²) in [5.41, 5.74) is 3.01. The second-order valence-corrected chi connectivity index (χ2v) is 6.38. The Morgan fingerprint density at radius 3 is 2.74 bits per heavy atom. The summed E-state index contributed by atoms with van der Waals surface area (Å²) < 4.78 is 2.10. The summed E-state index contributed by atoms with van der Waals surface area (Å²) in [5.74, 6) is 0.791. The molecule has 4 rings (SSSR count). The van der Waals surface area contributed by atoms with Crippen molar-refractivity contribution >= 4 is 28.3 Å². The molecule has 5 heteroatoms. The highest BCUT2D eigenvalue weighted by Crippen LogP contribution is 2.29. The number of piperidine rings is 1. The van der Waals surface area contributed by atoms with E-state index < -0.39 is 5.97 Å². The summed E-state index contributed by atoms with van der Waals surface area (Å²) in [6.07, 6.45) is 4.35. The van der Waals surface area contributed by atoms with Crippen molar-refractivity contribution in [3.05, 3.63) is 42.1 Å². The first kappa shape index (κ1) is 14.1. The maximum Gasteiger partial charge on any atom is 0.335 e. The van der Waals surface area contributed by atoms with Crippen LogP contribution in [0.25, 0.3) is 16.6 Å². The van der Waals surface area contributed by atoms with Gasteiger partial charge in [-0.2, -0.15) is 0 Å². The van der Waals surface area contributed by atoms with Gasteiger partial charge in [-0.25, -0.2) is 9.78 Å². The highest BCUT2D eigenvalue weighted by Gasteiger charge is 2.20. The van der Waals surface area contributed by atoms with Crippen molar-refractivity contribution in [3.63, 3.8) is 0 Å². The predicted molar refractivity (Wildman–Crippen MR) is 90.3 cm³/mol. The molecule has 2 aromatic heterocycles. The van der Waals surface area contributed by atoms with E-state index in [4.69, 9.17) is 4.98 Å². The van der Waals surface area contributed by atoms with Crippen LogP contribution >= 0.6 is 0 Å². The summed E-state index contributed by atoms with van der Waals surface area (Å²) in [7, 11) is 0. The van der Waals surface area contributed by atoms with E-state index in [0.29, 0.717) is 0 Å². The van der Waals surface area contributed by atoms with Crippen molar-refractivity contribution in [3.8, 4) is 0 Å². The van der Waals surface area contributed by atoms with Gasteiger partial charge in [-0.05, 0) is 49.1 Å². The third-order valence-corrected chi connectivity index (χ3v) is 4.77. The Kier molecular flexibility index (Phi) is 3.22. The third-order valence-electron chi connectivity index (χ3n) is 4.77. The quantitative estimate of drug-likeness (QED) is 0.788. The third kappa shape index (κ3) is 2.32. The van der Waals surface area contributed by atoms with Crippen LogP contribution in [0, 0.1) is 5.92 Å². The topological polar surface area (TPSA) is 57.8 Å². The maximum absolute atomic E-state index is 11.2. The molecule has 3 heterocycles. The number of anilines is 1. The molecule has 1 aromatic carbocycles. The smallest absolute Gasteiger partial charge is 0.335 e. The van der Waals surface area contributed by atoms with Gasteiger partial charge in [0.1, 0.15) is 0 Å². The first-order valence-corrected chi connectivity index (χ1v) is 8.02. The molecule has 1 saturated heterocycles. The van der Waals surface area contributed by atoms with Gasteiger partial charge in [-0.1, -0.05) is 6.92 Å². The molecule has 0 bridgehead atoms. The second-order valence-electron chi connectivity index (χ2n) is 6.38. The molecule has 0 aliphatic carbocycles. The summed E-state index contributed by atoms with van der Waals surface area (Å²) in [6, 6.07) is 9.21. The minimum Gasteiger partial charge on any atom is -0.478 e. The number of carboxylic acid groups (broad SMARTS) is 1. The van der Waals surface area contributed by atoms with Gasteiger partial charge in [0.15, 0.2) is 5.82 Å². The molecule has 0 spiro atoms. The van der Waals surface area contributed by atoms with Gasteiger partial charge in [0.05, 0.1) is 22.1 Å². The Morgan fingerprint density at radius 1 is 1.22 bits per heavy atom. The standard InChI is InChI=1S/C18H19N3O2/c1-12-6-9-20(10-7-12)17-16-3-2-8-21(16)15-5-4-13(18(22)23)11-14(15)19-17/h2-5,8,11-12H,6-7,9-10H2,1H3,(H,22,23). The van der Waals surface area contributed by atoms with E-state index in [0.717, 1.165) is 41.4 Å². The number of fused-ring (bicyclic) bond motifs is 3.